The number of aromatic nitrogens is 4. The molecule has 202 valence electrons. The number of carbonyl (C=O) groups excluding carboxylic acids is 1. The molecule has 40 heavy (non-hydrogen) atoms. The van der Waals surface area contributed by atoms with Crippen molar-refractivity contribution in [3.63, 3.8) is 0 Å². The Labute approximate surface area is 231 Å². The molecular weight excluding hydrogens is 505 g/mol. The van der Waals surface area contributed by atoms with Crippen LogP contribution in [0.1, 0.15) is 33.4 Å². The van der Waals surface area contributed by atoms with Gasteiger partial charge in [-0.1, -0.05) is 45.6 Å². The number of nitrogens with one attached hydrogen (secondary N) is 3. The van der Waals surface area contributed by atoms with Gasteiger partial charge in [0, 0.05) is 28.1 Å². The summed E-state index contributed by atoms with van der Waals surface area (Å²) in [6.45, 7) is 11.3. The normalized spacial score (nSPS) is 12.7. The molecule has 5 rings (SSSR count). The molecule has 4 N–H and O–H groups in total. The number of benzene rings is 2. The lowest BCUT2D eigenvalue weighted by Crippen LogP contribution is -2.33. The predicted octanol–water partition coefficient (Wildman–Crippen LogP) is 7.25. The van der Waals surface area contributed by atoms with Crippen molar-refractivity contribution in [3.8, 4) is 28.3 Å². The summed E-state index contributed by atoms with van der Waals surface area (Å²) in [4.78, 5) is 20.8. The predicted molar refractivity (Wildman–Crippen MR) is 158 cm³/mol. The van der Waals surface area contributed by atoms with Gasteiger partial charge in [-0.25, -0.2) is 9.37 Å². The first-order valence-electron chi connectivity index (χ1n) is 12.9. The third kappa shape index (κ3) is 5.16. The van der Waals surface area contributed by atoms with E-state index < -0.39 is 11.2 Å². The molecule has 0 unspecified atom stereocenters. The van der Waals surface area contributed by atoms with Crippen LogP contribution in [0.5, 0.6) is 5.75 Å². The Kier molecular flexibility index (Phi) is 6.85. The number of amides is 1. The van der Waals surface area contributed by atoms with Crippen LogP contribution in [0, 0.1) is 11.2 Å². The average Bonchev–Trinajstić information content (AvgIpc) is 3.53. The van der Waals surface area contributed by atoms with E-state index in [1.54, 1.807) is 6.08 Å². The molecule has 5 aromatic rings. The maximum atomic E-state index is 14.0. The Morgan fingerprint density at radius 1 is 1.10 bits per heavy atom. The summed E-state index contributed by atoms with van der Waals surface area (Å²) in [5.41, 5.74) is 6.52. The van der Waals surface area contributed by atoms with Crippen molar-refractivity contribution in [1.29, 1.82) is 0 Å². The van der Waals surface area contributed by atoms with Crippen LogP contribution in [0.2, 0.25) is 0 Å². The SMILES string of the molecule is C=C/C(=C\C(=C/C)c1ccc2[nH]nc(-c3cc4c(-c5cc(O)cc(F)c5)cccc4[nH]3)c2n1)NC(=O)C(C)(C)C. The van der Waals surface area contributed by atoms with Crippen LogP contribution in [0.15, 0.2) is 85.1 Å². The molecule has 0 aliphatic heterocycles. The highest BCUT2D eigenvalue weighted by Gasteiger charge is 2.21. The number of carbonyl (C=O) groups is 1. The zero-order chi connectivity index (χ0) is 28.6. The number of aromatic hydroxyl groups is 1. The Balaban J connectivity index is 1.56. The fourth-order valence-electron chi connectivity index (χ4n) is 4.45. The minimum atomic E-state index is -0.546. The van der Waals surface area contributed by atoms with Crippen LogP contribution in [0.25, 0.3) is 50.0 Å². The Bertz CT molecular complexity index is 1820. The van der Waals surface area contributed by atoms with Crippen LogP contribution in [-0.4, -0.2) is 31.2 Å². The zero-order valence-electron chi connectivity index (χ0n) is 22.8. The van der Waals surface area contributed by atoms with Gasteiger partial charge in [-0.15, -0.1) is 0 Å². The molecule has 7 nitrogen and oxygen atoms in total. The number of pyridine rings is 1. The van der Waals surface area contributed by atoms with Gasteiger partial charge in [0.25, 0.3) is 0 Å². The largest absolute Gasteiger partial charge is 0.508 e. The molecule has 8 heteroatoms. The smallest absolute Gasteiger partial charge is 0.229 e. The van der Waals surface area contributed by atoms with E-state index in [1.807, 2.05) is 76.2 Å². The number of hydrogen-bond donors (Lipinski definition) is 4. The van der Waals surface area contributed by atoms with E-state index in [1.165, 1.54) is 12.1 Å². The number of hydrogen-bond acceptors (Lipinski definition) is 4. The molecule has 3 heterocycles. The van der Waals surface area contributed by atoms with Crippen LogP contribution < -0.4 is 5.32 Å². The molecule has 0 atom stereocenters. The number of phenols is 1. The number of allylic oxidation sites excluding steroid dienone is 4. The van der Waals surface area contributed by atoms with Crippen LogP contribution in [-0.2, 0) is 4.79 Å². The molecule has 0 fully saturated rings. The van der Waals surface area contributed by atoms with Gasteiger partial charge in [0.15, 0.2) is 0 Å². The molecular formula is C32H30FN5O2. The lowest BCUT2D eigenvalue weighted by Gasteiger charge is -2.18. The van der Waals surface area contributed by atoms with E-state index in [0.717, 1.165) is 39.3 Å². The molecule has 0 saturated heterocycles. The zero-order valence-corrected chi connectivity index (χ0v) is 22.8. The molecule has 0 bridgehead atoms. The Hall–Kier alpha value is -4.98. The van der Waals surface area contributed by atoms with Crippen molar-refractivity contribution in [2.24, 2.45) is 5.41 Å². The van der Waals surface area contributed by atoms with Crippen LogP contribution in [0.4, 0.5) is 4.39 Å². The van der Waals surface area contributed by atoms with Gasteiger partial charge < -0.3 is 15.4 Å². The molecule has 0 aliphatic rings. The monoisotopic (exact) mass is 535 g/mol. The Morgan fingerprint density at radius 2 is 1.90 bits per heavy atom. The highest BCUT2D eigenvalue weighted by atomic mass is 19.1. The summed E-state index contributed by atoms with van der Waals surface area (Å²) in [7, 11) is 0. The molecule has 0 aliphatic carbocycles. The third-order valence-electron chi connectivity index (χ3n) is 6.60. The standard InChI is InChI=1S/C32H30FN5O2/c1-6-18(14-21(7-2)34-31(40)32(3,4)5)25-11-12-27-29(36-25)30(38-37-27)28-17-24-23(9-8-10-26(24)35-28)19-13-20(33)16-22(39)15-19/h6-17,35,39H,2H2,1,3-5H3,(H,34,40)(H,37,38)/b18-6+,21-14+. The number of phenolic OH excluding ortho intramolecular Hbond substituents is 1. The van der Waals surface area contributed by atoms with Crippen LogP contribution in [0.3, 0.4) is 0 Å². The van der Waals surface area contributed by atoms with E-state index in [0.29, 0.717) is 28.2 Å². The van der Waals surface area contributed by atoms with Crippen LogP contribution >= 0.6 is 0 Å². The van der Waals surface area contributed by atoms with Crippen molar-refractivity contribution < 1.29 is 14.3 Å². The Morgan fingerprint density at radius 3 is 2.60 bits per heavy atom. The van der Waals surface area contributed by atoms with Gasteiger partial charge in [-0.3, -0.25) is 9.89 Å². The van der Waals surface area contributed by atoms with Gasteiger partial charge >= 0.3 is 0 Å². The number of H-pyrrole nitrogens is 2. The van der Waals surface area contributed by atoms with E-state index in [4.69, 9.17) is 4.98 Å². The highest BCUT2D eigenvalue weighted by Crippen LogP contribution is 2.35. The van der Waals surface area contributed by atoms with Gasteiger partial charge in [0.1, 0.15) is 22.8 Å². The number of aromatic amines is 2. The van der Waals surface area contributed by atoms with Gasteiger partial charge in [-0.05, 0) is 72.2 Å². The lowest BCUT2D eigenvalue weighted by atomic mass is 9.95. The van der Waals surface area contributed by atoms with Crippen molar-refractivity contribution >= 4 is 33.4 Å². The highest BCUT2D eigenvalue weighted by molar-refractivity contribution is 6.00. The fraction of sp³-hybridized carbons (Fsp3) is 0.156. The molecule has 2 aromatic carbocycles. The summed E-state index contributed by atoms with van der Waals surface area (Å²) in [6, 6.07) is 15.5. The number of rotatable bonds is 6. The van der Waals surface area contributed by atoms with Crippen molar-refractivity contribution in [1.82, 2.24) is 25.5 Å². The molecule has 3 aromatic heterocycles. The molecule has 1 amide bonds. The molecule has 0 radical (unpaired) electrons. The quantitative estimate of drug-likeness (QED) is 0.172. The van der Waals surface area contributed by atoms with E-state index in [2.05, 4.69) is 27.1 Å². The summed E-state index contributed by atoms with van der Waals surface area (Å²) < 4.78 is 14.0. The number of fused-ring (bicyclic) bond motifs is 2. The minimum Gasteiger partial charge on any atom is -0.508 e. The van der Waals surface area contributed by atoms with Gasteiger partial charge in [0.05, 0.1) is 16.9 Å². The maximum absolute atomic E-state index is 14.0. The van der Waals surface area contributed by atoms with E-state index in [9.17, 15) is 14.3 Å². The van der Waals surface area contributed by atoms with E-state index >= 15 is 0 Å². The first-order valence-corrected chi connectivity index (χ1v) is 12.9. The fourth-order valence-corrected chi connectivity index (χ4v) is 4.45. The second kappa shape index (κ2) is 10.3. The molecule has 0 saturated carbocycles. The minimum absolute atomic E-state index is 0.110. The number of nitrogens with zero attached hydrogens (tertiary/aromatic N) is 2. The van der Waals surface area contributed by atoms with Gasteiger partial charge in [0.2, 0.25) is 5.91 Å². The first kappa shape index (κ1) is 26.6. The second-order valence-electron chi connectivity index (χ2n) is 10.6. The number of halogens is 1. The average molecular weight is 536 g/mol. The summed E-state index contributed by atoms with van der Waals surface area (Å²) in [5, 5.41) is 21.3. The van der Waals surface area contributed by atoms with Crippen molar-refractivity contribution in [3.05, 3.63) is 96.6 Å². The molecule has 0 spiro atoms. The van der Waals surface area contributed by atoms with Crippen molar-refractivity contribution in [2.75, 3.05) is 0 Å². The summed E-state index contributed by atoms with van der Waals surface area (Å²) in [6.07, 6.45) is 5.37. The maximum Gasteiger partial charge on any atom is 0.229 e. The summed E-state index contributed by atoms with van der Waals surface area (Å²) >= 11 is 0. The lowest BCUT2D eigenvalue weighted by molar-refractivity contribution is -0.127. The van der Waals surface area contributed by atoms with Crippen molar-refractivity contribution in [2.45, 2.75) is 27.7 Å². The summed E-state index contributed by atoms with van der Waals surface area (Å²) in [5.74, 6) is -0.755. The second-order valence-corrected chi connectivity index (χ2v) is 10.6. The topological polar surface area (TPSA) is 107 Å². The van der Waals surface area contributed by atoms with Gasteiger partial charge in [-0.2, -0.15) is 5.10 Å². The first-order chi connectivity index (χ1) is 19.1. The third-order valence-corrected chi connectivity index (χ3v) is 6.60. The van der Waals surface area contributed by atoms with E-state index in [-0.39, 0.29) is 11.7 Å².